The Morgan fingerprint density at radius 1 is 1.24 bits per heavy atom. The minimum Gasteiger partial charge on any atom is -0.382 e. The first kappa shape index (κ1) is 16.3. The molecule has 1 saturated heterocycles. The molecule has 3 heteroatoms. The number of hydrogen-bond acceptors (Lipinski definition) is 3. The minimum atomic E-state index is 0.426. The van der Waals surface area contributed by atoms with Gasteiger partial charge in [0.15, 0.2) is 0 Å². The first-order valence-corrected chi connectivity index (χ1v) is 8.44. The maximum absolute atomic E-state index is 5.75. The molecular weight excluding hydrogens is 260 g/mol. The highest BCUT2D eigenvalue weighted by molar-refractivity contribution is 5.46. The predicted molar refractivity (Wildman–Crippen MR) is 89.7 cm³/mol. The average molecular weight is 290 g/mol. The van der Waals surface area contributed by atoms with Crippen molar-refractivity contribution in [1.82, 2.24) is 4.90 Å². The van der Waals surface area contributed by atoms with Gasteiger partial charge in [0.05, 0.1) is 6.10 Å². The fraction of sp³-hybridized carbons (Fsp3) is 0.667. The van der Waals surface area contributed by atoms with Crippen molar-refractivity contribution in [1.29, 1.82) is 0 Å². The van der Waals surface area contributed by atoms with E-state index in [0.717, 1.165) is 45.5 Å². The summed E-state index contributed by atoms with van der Waals surface area (Å²) in [4.78, 5) is 2.45. The van der Waals surface area contributed by atoms with Gasteiger partial charge in [0.2, 0.25) is 0 Å². The van der Waals surface area contributed by atoms with E-state index in [-0.39, 0.29) is 0 Å². The molecule has 2 atom stereocenters. The van der Waals surface area contributed by atoms with Gasteiger partial charge in [0.25, 0.3) is 0 Å². The summed E-state index contributed by atoms with van der Waals surface area (Å²) in [6.45, 7) is 10.8. The summed E-state index contributed by atoms with van der Waals surface area (Å²) in [6.07, 6.45) is 3.77. The van der Waals surface area contributed by atoms with Gasteiger partial charge in [-0.3, -0.25) is 4.90 Å². The topological polar surface area (TPSA) is 24.5 Å². The van der Waals surface area contributed by atoms with E-state index in [0.29, 0.717) is 12.1 Å². The van der Waals surface area contributed by atoms with Gasteiger partial charge in [-0.1, -0.05) is 32.9 Å². The van der Waals surface area contributed by atoms with Crippen molar-refractivity contribution >= 4 is 5.69 Å². The van der Waals surface area contributed by atoms with E-state index >= 15 is 0 Å². The molecule has 1 heterocycles. The standard InChI is InChI=1S/C18H30N2O/c1-4-18-13-17(10-11-21-18)19-16-9-7-8-15(12-16)14-20(5-2)6-3/h7-9,12,17-19H,4-6,10-11,13-14H2,1-3H3. The van der Waals surface area contributed by atoms with Gasteiger partial charge >= 0.3 is 0 Å². The molecule has 3 nitrogen and oxygen atoms in total. The van der Waals surface area contributed by atoms with Crippen LogP contribution in [0.5, 0.6) is 0 Å². The van der Waals surface area contributed by atoms with E-state index < -0.39 is 0 Å². The summed E-state index contributed by atoms with van der Waals surface area (Å²) in [5.74, 6) is 0. The van der Waals surface area contributed by atoms with Gasteiger partial charge < -0.3 is 10.1 Å². The van der Waals surface area contributed by atoms with Crippen molar-refractivity contribution in [3.63, 3.8) is 0 Å². The summed E-state index contributed by atoms with van der Waals surface area (Å²) >= 11 is 0. The van der Waals surface area contributed by atoms with Crippen molar-refractivity contribution in [2.75, 3.05) is 25.0 Å². The van der Waals surface area contributed by atoms with Crippen molar-refractivity contribution in [3.05, 3.63) is 29.8 Å². The molecule has 0 aromatic heterocycles. The average Bonchev–Trinajstić information content (AvgIpc) is 2.53. The quantitative estimate of drug-likeness (QED) is 0.824. The summed E-state index contributed by atoms with van der Waals surface area (Å²) in [6, 6.07) is 9.42. The third kappa shape index (κ3) is 5.01. The van der Waals surface area contributed by atoms with Crippen LogP contribution in [0.1, 0.15) is 45.6 Å². The lowest BCUT2D eigenvalue weighted by molar-refractivity contribution is 0.00925. The maximum atomic E-state index is 5.75. The molecule has 1 aromatic carbocycles. The number of nitrogens with one attached hydrogen (secondary N) is 1. The fourth-order valence-electron chi connectivity index (χ4n) is 3.00. The van der Waals surface area contributed by atoms with Crippen molar-refractivity contribution in [3.8, 4) is 0 Å². The molecule has 0 spiro atoms. The zero-order valence-corrected chi connectivity index (χ0v) is 13.8. The maximum Gasteiger partial charge on any atom is 0.0592 e. The first-order chi connectivity index (χ1) is 10.2. The van der Waals surface area contributed by atoms with Crippen LogP contribution < -0.4 is 5.32 Å². The number of nitrogens with zero attached hydrogens (tertiary/aromatic N) is 1. The molecule has 0 bridgehead atoms. The minimum absolute atomic E-state index is 0.426. The van der Waals surface area contributed by atoms with Crippen LogP contribution in [0.4, 0.5) is 5.69 Å². The summed E-state index contributed by atoms with van der Waals surface area (Å²) in [5, 5.41) is 3.70. The number of hydrogen-bond donors (Lipinski definition) is 1. The predicted octanol–water partition coefficient (Wildman–Crippen LogP) is 3.90. The van der Waals surface area contributed by atoms with Gasteiger partial charge in [0.1, 0.15) is 0 Å². The Hall–Kier alpha value is -1.06. The fourth-order valence-corrected chi connectivity index (χ4v) is 3.00. The molecule has 0 aliphatic carbocycles. The second kappa shape index (κ2) is 8.40. The molecule has 1 aliphatic rings. The third-order valence-electron chi connectivity index (χ3n) is 4.42. The number of ether oxygens (including phenoxy) is 1. The van der Waals surface area contributed by atoms with Crippen LogP contribution in [-0.2, 0) is 11.3 Å². The van der Waals surface area contributed by atoms with Gasteiger partial charge in [0, 0.05) is 24.9 Å². The lowest BCUT2D eigenvalue weighted by atomic mass is 10.0. The van der Waals surface area contributed by atoms with E-state index in [4.69, 9.17) is 4.74 Å². The van der Waals surface area contributed by atoms with E-state index in [1.807, 2.05) is 0 Å². The van der Waals surface area contributed by atoms with E-state index in [9.17, 15) is 0 Å². The monoisotopic (exact) mass is 290 g/mol. The lowest BCUT2D eigenvalue weighted by Crippen LogP contribution is -2.33. The Kier molecular flexibility index (Phi) is 6.52. The van der Waals surface area contributed by atoms with Crippen LogP contribution in [0.2, 0.25) is 0 Å². The Balaban J connectivity index is 1.94. The highest BCUT2D eigenvalue weighted by Gasteiger charge is 2.21. The molecular formula is C18H30N2O. The largest absolute Gasteiger partial charge is 0.382 e. The Morgan fingerprint density at radius 3 is 2.76 bits per heavy atom. The Morgan fingerprint density at radius 2 is 2.05 bits per heavy atom. The molecule has 2 unspecified atom stereocenters. The molecule has 0 radical (unpaired) electrons. The van der Waals surface area contributed by atoms with Crippen molar-refractivity contribution in [2.45, 2.75) is 58.7 Å². The second-order valence-electron chi connectivity index (χ2n) is 5.93. The molecule has 0 saturated carbocycles. The Labute approximate surface area is 129 Å². The van der Waals surface area contributed by atoms with Crippen LogP contribution in [0.15, 0.2) is 24.3 Å². The zero-order chi connectivity index (χ0) is 15.1. The van der Waals surface area contributed by atoms with Crippen molar-refractivity contribution in [2.24, 2.45) is 0 Å². The lowest BCUT2D eigenvalue weighted by Gasteiger charge is -2.30. The molecule has 1 N–H and O–H groups in total. The van der Waals surface area contributed by atoms with E-state index in [2.05, 4.69) is 55.3 Å². The zero-order valence-electron chi connectivity index (χ0n) is 13.8. The van der Waals surface area contributed by atoms with Gasteiger partial charge in [-0.2, -0.15) is 0 Å². The van der Waals surface area contributed by atoms with E-state index in [1.165, 1.54) is 11.3 Å². The van der Waals surface area contributed by atoms with Crippen LogP contribution in [0, 0.1) is 0 Å². The van der Waals surface area contributed by atoms with Crippen molar-refractivity contribution < 1.29 is 4.74 Å². The van der Waals surface area contributed by atoms with Crippen LogP contribution in [-0.4, -0.2) is 36.7 Å². The molecule has 2 rings (SSSR count). The molecule has 0 amide bonds. The third-order valence-corrected chi connectivity index (χ3v) is 4.42. The molecule has 1 aromatic rings. The number of benzene rings is 1. The van der Waals surface area contributed by atoms with Gasteiger partial charge in [-0.25, -0.2) is 0 Å². The highest BCUT2D eigenvalue weighted by atomic mass is 16.5. The summed E-state index contributed by atoms with van der Waals surface area (Å²) in [7, 11) is 0. The number of rotatable bonds is 7. The smallest absolute Gasteiger partial charge is 0.0592 e. The molecule has 1 aliphatic heterocycles. The normalized spacial score (nSPS) is 22.5. The van der Waals surface area contributed by atoms with E-state index in [1.54, 1.807) is 0 Å². The molecule has 118 valence electrons. The molecule has 21 heavy (non-hydrogen) atoms. The summed E-state index contributed by atoms with van der Waals surface area (Å²) in [5.41, 5.74) is 2.64. The van der Waals surface area contributed by atoms with Gasteiger partial charge in [-0.05, 0) is 50.0 Å². The van der Waals surface area contributed by atoms with Crippen LogP contribution in [0.3, 0.4) is 0 Å². The first-order valence-electron chi connectivity index (χ1n) is 8.44. The summed E-state index contributed by atoms with van der Waals surface area (Å²) < 4.78 is 5.75. The number of anilines is 1. The second-order valence-corrected chi connectivity index (χ2v) is 5.93. The highest BCUT2D eigenvalue weighted by Crippen LogP contribution is 2.21. The SMILES string of the molecule is CCC1CC(Nc2cccc(CN(CC)CC)c2)CCO1. The van der Waals surface area contributed by atoms with Crippen LogP contribution >= 0.6 is 0 Å². The Bertz CT molecular complexity index is 417. The van der Waals surface area contributed by atoms with Crippen LogP contribution in [0.25, 0.3) is 0 Å². The van der Waals surface area contributed by atoms with Gasteiger partial charge in [-0.15, -0.1) is 0 Å². The molecule has 1 fully saturated rings.